The van der Waals surface area contributed by atoms with E-state index in [1.807, 2.05) is 37.3 Å². The SMILES string of the molecule is Cc1ccc2c(c1)nc(CCNC(=O)Nc1ccc(N3C[C@@H](C)O[C@@H](C)C3)c(F)c1)n2C. The number of hydrogen-bond donors (Lipinski definition) is 2. The number of ether oxygens (including phenoxy) is 1. The number of rotatable bonds is 5. The van der Waals surface area contributed by atoms with Gasteiger partial charge in [0.15, 0.2) is 0 Å². The third-order valence-corrected chi connectivity index (χ3v) is 5.73. The lowest BCUT2D eigenvalue weighted by Crippen LogP contribution is -2.45. The zero-order valence-electron chi connectivity index (χ0n) is 19.0. The summed E-state index contributed by atoms with van der Waals surface area (Å²) >= 11 is 0. The summed E-state index contributed by atoms with van der Waals surface area (Å²) in [5, 5.41) is 5.52. The second kappa shape index (κ2) is 9.16. The second-order valence-electron chi connectivity index (χ2n) is 8.54. The molecule has 0 unspecified atom stereocenters. The number of nitrogens with zero attached hydrogens (tertiary/aromatic N) is 3. The second-order valence-corrected chi connectivity index (χ2v) is 8.54. The van der Waals surface area contributed by atoms with Crippen molar-refractivity contribution in [3.05, 3.63) is 53.6 Å². The number of carbonyl (C=O) groups is 1. The van der Waals surface area contributed by atoms with Gasteiger partial charge in [-0.15, -0.1) is 0 Å². The molecule has 2 aromatic carbocycles. The predicted octanol–water partition coefficient (Wildman–Crippen LogP) is 4.00. The van der Waals surface area contributed by atoms with Gasteiger partial charge >= 0.3 is 6.03 Å². The van der Waals surface area contributed by atoms with Crippen molar-refractivity contribution in [2.45, 2.75) is 39.4 Å². The quantitative estimate of drug-likeness (QED) is 0.631. The van der Waals surface area contributed by atoms with E-state index in [9.17, 15) is 9.18 Å². The molecule has 0 aliphatic carbocycles. The number of fused-ring (bicyclic) bond motifs is 1. The van der Waals surface area contributed by atoms with Crippen molar-refractivity contribution < 1.29 is 13.9 Å². The Kier molecular flexibility index (Phi) is 6.32. The van der Waals surface area contributed by atoms with Crippen molar-refractivity contribution in [3.8, 4) is 0 Å². The Morgan fingerprint density at radius 1 is 1.19 bits per heavy atom. The zero-order chi connectivity index (χ0) is 22.8. The summed E-state index contributed by atoms with van der Waals surface area (Å²) in [6.07, 6.45) is 0.683. The number of imidazole rings is 1. The van der Waals surface area contributed by atoms with E-state index in [0.717, 1.165) is 22.4 Å². The molecule has 2 N–H and O–H groups in total. The molecular weight excluding hydrogens is 409 g/mol. The van der Waals surface area contributed by atoms with E-state index < -0.39 is 0 Å². The number of aromatic nitrogens is 2. The lowest BCUT2D eigenvalue weighted by molar-refractivity contribution is -0.00539. The maximum absolute atomic E-state index is 14.7. The van der Waals surface area contributed by atoms with E-state index in [0.29, 0.717) is 37.4 Å². The summed E-state index contributed by atoms with van der Waals surface area (Å²) in [7, 11) is 1.97. The number of morpholine rings is 1. The molecule has 3 aromatic rings. The van der Waals surface area contributed by atoms with Crippen molar-refractivity contribution in [2.75, 3.05) is 29.9 Å². The van der Waals surface area contributed by atoms with Crippen molar-refractivity contribution in [3.63, 3.8) is 0 Å². The Bertz CT molecular complexity index is 1120. The van der Waals surface area contributed by atoms with Crippen LogP contribution in [-0.2, 0) is 18.2 Å². The number of amides is 2. The Morgan fingerprint density at radius 3 is 2.66 bits per heavy atom. The van der Waals surface area contributed by atoms with E-state index in [4.69, 9.17) is 4.74 Å². The van der Waals surface area contributed by atoms with Gasteiger partial charge in [-0.25, -0.2) is 14.2 Å². The summed E-state index contributed by atoms with van der Waals surface area (Å²) in [6, 6.07) is 10.6. The fraction of sp³-hybridized carbons (Fsp3) is 0.417. The van der Waals surface area contributed by atoms with Crippen LogP contribution in [0.15, 0.2) is 36.4 Å². The molecule has 0 saturated carbocycles. The van der Waals surface area contributed by atoms with Crippen LogP contribution in [0.1, 0.15) is 25.2 Å². The van der Waals surface area contributed by atoms with Gasteiger partial charge in [-0.05, 0) is 56.7 Å². The first-order valence-electron chi connectivity index (χ1n) is 11.0. The average Bonchev–Trinajstić information content (AvgIpc) is 3.02. The smallest absolute Gasteiger partial charge is 0.319 e. The number of aryl methyl sites for hydroxylation is 2. The van der Waals surface area contributed by atoms with Gasteiger partial charge < -0.3 is 24.8 Å². The Balaban J connectivity index is 1.32. The third kappa shape index (κ3) is 4.85. The molecule has 1 saturated heterocycles. The highest BCUT2D eigenvalue weighted by Gasteiger charge is 2.24. The summed E-state index contributed by atoms with van der Waals surface area (Å²) < 4.78 is 22.5. The molecule has 2 heterocycles. The maximum Gasteiger partial charge on any atom is 0.319 e. The molecule has 32 heavy (non-hydrogen) atoms. The van der Waals surface area contributed by atoms with Crippen molar-refractivity contribution in [2.24, 2.45) is 7.05 Å². The zero-order valence-corrected chi connectivity index (χ0v) is 19.0. The first-order chi connectivity index (χ1) is 15.3. The van der Waals surface area contributed by atoms with Crippen LogP contribution in [0.5, 0.6) is 0 Å². The highest BCUT2D eigenvalue weighted by molar-refractivity contribution is 5.89. The normalized spacial score (nSPS) is 18.7. The van der Waals surface area contributed by atoms with Gasteiger partial charge in [-0.3, -0.25) is 0 Å². The van der Waals surface area contributed by atoms with Gasteiger partial charge in [0.25, 0.3) is 0 Å². The number of anilines is 2. The van der Waals surface area contributed by atoms with Gasteiger partial charge in [0.1, 0.15) is 11.6 Å². The predicted molar refractivity (Wildman–Crippen MR) is 125 cm³/mol. The average molecular weight is 440 g/mol. The van der Waals surface area contributed by atoms with Gasteiger partial charge in [-0.2, -0.15) is 0 Å². The Hall–Kier alpha value is -3.13. The number of nitrogens with one attached hydrogen (secondary N) is 2. The molecule has 1 aliphatic rings. The van der Waals surface area contributed by atoms with Crippen LogP contribution >= 0.6 is 0 Å². The van der Waals surface area contributed by atoms with Crippen LogP contribution in [-0.4, -0.2) is 47.4 Å². The maximum atomic E-state index is 14.7. The molecule has 7 nitrogen and oxygen atoms in total. The minimum atomic E-state index is -0.375. The fourth-order valence-corrected chi connectivity index (χ4v) is 4.26. The molecule has 1 fully saturated rings. The van der Waals surface area contributed by atoms with Crippen molar-refractivity contribution >= 4 is 28.4 Å². The Labute approximate surface area is 187 Å². The summed E-state index contributed by atoms with van der Waals surface area (Å²) in [6.45, 7) is 7.70. The van der Waals surface area contributed by atoms with Crippen LogP contribution < -0.4 is 15.5 Å². The molecule has 0 spiro atoms. The van der Waals surface area contributed by atoms with E-state index in [1.165, 1.54) is 6.07 Å². The summed E-state index contributed by atoms with van der Waals surface area (Å²) in [4.78, 5) is 18.9. The first-order valence-corrected chi connectivity index (χ1v) is 11.0. The van der Waals surface area contributed by atoms with Crippen LogP contribution in [0.2, 0.25) is 0 Å². The van der Waals surface area contributed by atoms with E-state index >= 15 is 0 Å². The van der Waals surface area contributed by atoms with Gasteiger partial charge in [0.05, 0.1) is 28.9 Å². The molecule has 8 heteroatoms. The first kappa shape index (κ1) is 22.1. The monoisotopic (exact) mass is 439 g/mol. The molecule has 1 aliphatic heterocycles. The Morgan fingerprint density at radius 2 is 1.94 bits per heavy atom. The molecule has 0 radical (unpaired) electrons. The molecule has 2 amide bonds. The van der Waals surface area contributed by atoms with Gasteiger partial charge in [0, 0.05) is 38.8 Å². The molecule has 0 bridgehead atoms. The van der Waals surface area contributed by atoms with Gasteiger partial charge in [0.2, 0.25) is 0 Å². The van der Waals surface area contributed by atoms with Crippen molar-refractivity contribution in [1.82, 2.24) is 14.9 Å². The number of urea groups is 1. The lowest BCUT2D eigenvalue weighted by Gasteiger charge is -2.37. The van der Waals surface area contributed by atoms with Crippen LogP contribution in [0.25, 0.3) is 11.0 Å². The topological polar surface area (TPSA) is 71.4 Å². The highest BCUT2D eigenvalue weighted by Crippen LogP contribution is 2.26. The van der Waals surface area contributed by atoms with E-state index in [-0.39, 0.29) is 24.1 Å². The van der Waals surface area contributed by atoms with Crippen LogP contribution in [0, 0.1) is 12.7 Å². The lowest BCUT2D eigenvalue weighted by atomic mass is 10.2. The van der Waals surface area contributed by atoms with Crippen molar-refractivity contribution in [1.29, 1.82) is 0 Å². The number of halogens is 1. The number of hydrogen-bond acceptors (Lipinski definition) is 4. The molecule has 1 aromatic heterocycles. The fourth-order valence-electron chi connectivity index (χ4n) is 4.26. The highest BCUT2D eigenvalue weighted by atomic mass is 19.1. The number of carbonyl (C=O) groups excluding carboxylic acids is 1. The molecule has 2 atom stereocenters. The van der Waals surface area contributed by atoms with Crippen LogP contribution in [0.3, 0.4) is 0 Å². The summed E-state index contributed by atoms with van der Waals surface area (Å²) in [5.74, 6) is 0.536. The van der Waals surface area contributed by atoms with E-state index in [1.54, 1.807) is 12.1 Å². The third-order valence-electron chi connectivity index (χ3n) is 5.73. The molecule has 170 valence electrons. The largest absolute Gasteiger partial charge is 0.372 e. The number of benzene rings is 2. The standard InChI is InChI=1S/C24H30FN5O2/c1-15-5-7-22-20(11-15)28-23(29(22)4)9-10-26-24(31)27-18-6-8-21(19(25)12-18)30-13-16(2)32-17(3)14-30/h5-8,11-12,16-17H,9-10,13-14H2,1-4H3,(H2,26,27,31)/t16-,17+. The minimum absolute atomic E-state index is 0.0436. The van der Waals surface area contributed by atoms with E-state index in [2.05, 4.69) is 33.8 Å². The minimum Gasteiger partial charge on any atom is -0.372 e. The van der Waals surface area contributed by atoms with Crippen LogP contribution in [0.4, 0.5) is 20.6 Å². The summed E-state index contributed by atoms with van der Waals surface area (Å²) in [5.41, 5.74) is 4.11. The molecule has 4 rings (SSSR count). The molecular formula is C24H30FN5O2. The van der Waals surface area contributed by atoms with Gasteiger partial charge in [-0.1, -0.05) is 6.07 Å².